The first-order valence-corrected chi connectivity index (χ1v) is 6.88. The molecule has 0 spiro atoms. The zero-order valence-electron chi connectivity index (χ0n) is 11.6. The molecule has 0 fully saturated rings. The molecule has 2 heterocycles. The van der Waals surface area contributed by atoms with Gasteiger partial charge < -0.3 is 0 Å². The minimum atomic E-state index is -2.63. The van der Waals surface area contributed by atoms with E-state index < -0.39 is 6.43 Å². The highest BCUT2D eigenvalue weighted by atomic mass is 35.5. The van der Waals surface area contributed by atoms with Gasteiger partial charge in [0.05, 0.1) is 10.7 Å². The molecular formula is C16H13ClF2N2. The Morgan fingerprint density at radius 1 is 1.14 bits per heavy atom. The van der Waals surface area contributed by atoms with E-state index in [0.717, 1.165) is 16.7 Å². The molecule has 0 unspecified atom stereocenters. The van der Waals surface area contributed by atoms with Crippen LogP contribution < -0.4 is 0 Å². The van der Waals surface area contributed by atoms with Crippen molar-refractivity contribution in [3.05, 3.63) is 58.4 Å². The predicted molar refractivity (Wildman–Crippen MR) is 80.1 cm³/mol. The maximum absolute atomic E-state index is 13.5. The number of pyridine rings is 1. The molecule has 5 heteroatoms. The quantitative estimate of drug-likeness (QED) is 0.635. The Balaban J connectivity index is 2.34. The van der Waals surface area contributed by atoms with Crippen LogP contribution in [-0.4, -0.2) is 9.38 Å². The van der Waals surface area contributed by atoms with Crippen LogP contribution >= 0.6 is 11.6 Å². The Morgan fingerprint density at radius 3 is 2.57 bits per heavy atom. The number of fused-ring (bicyclic) bond motifs is 1. The summed E-state index contributed by atoms with van der Waals surface area (Å²) in [6.07, 6.45) is -1.16. The molecule has 2 aromatic heterocycles. The molecule has 0 atom stereocenters. The van der Waals surface area contributed by atoms with Gasteiger partial charge in [-0.25, -0.2) is 13.8 Å². The van der Waals surface area contributed by atoms with Crippen LogP contribution in [-0.2, 0) is 0 Å². The largest absolute Gasteiger partial charge is 0.297 e. The monoisotopic (exact) mass is 306 g/mol. The van der Waals surface area contributed by atoms with Crippen LogP contribution in [0.1, 0.15) is 23.2 Å². The van der Waals surface area contributed by atoms with E-state index in [0.29, 0.717) is 16.4 Å². The van der Waals surface area contributed by atoms with E-state index in [4.69, 9.17) is 11.6 Å². The standard InChI is InChI=1S/C16H13ClF2N2/c1-9-3-5-12(10(2)7-9)14-15(16(18)19)21-8-11(17)4-6-13(21)20-14/h3-8,16H,1-2H3. The summed E-state index contributed by atoms with van der Waals surface area (Å²) in [4.78, 5) is 4.36. The molecule has 108 valence electrons. The number of halogens is 3. The topological polar surface area (TPSA) is 17.3 Å². The number of aryl methyl sites for hydroxylation is 2. The first-order valence-electron chi connectivity index (χ1n) is 6.50. The molecule has 0 saturated heterocycles. The molecule has 0 aliphatic heterocycles. The molecule has 0 radical (unpaired) electrons. The second-order valence-corrected chi connectivity index (χ2v) is 5.48. The minimum absolute atomic E-state index is 0.126. The Bertz CT molecular complexity index is 825. The molecule has 21 heavy (non-hydrogen) atoms. The smallest absolute Gasteiger partial charge is 0.280 e. The highest BCUT2D eigenvalue weighted by Gasteiger charge is 2.22. The van der Waals surface area contributed by atoms with Crippen molar-refractivity contribution in [2.45, 2.75) is 20.3 Å². The van der Waals surface area contributed by atoms with Gasteiger partial charge in [0.2, 0.25) is 0 Å². The van der Waals surface area contributed by atoms with Gasteiger partial charge >= 0.3 is 0 Å². The second kappa shape index (κ2) is 5.11. The number of nitrogens with zero attached hydrogens (tertiary/aromatic N) is 2. The van der Waals surface area contributed by atoms with E-state index in [9.17, 15) is 8.78 Å². The van der Waals surface area contributed by atoms with E-state index in [2.05, 4.69) is 4.98 Å². The minimum Gasteiger partial charge on any atom is -0.297 e. The van der Waals surface area contributed by atoms with E-state index in [1.54, 1.807) is 12.1 Å². The van der Waals surface area contributed by atoms with E-state index in [1.807, 2.05) is 32.0 Å². The summed E-state index contributed by atoms with van der Waals surface area (Å²) in [5.74, 6) is 0. The lowest BCUT2D eigenvalue weighted by Crippen LogP contribution is -1.96. The number of aromatic nitrogens is 2. The number of benzene rings is 1. The third-order valence-electron chi connectivity index (χ3n) is 3.46. The van der Waals surface area contributed by atoms with Crippen LogP contribution in [0.2, 0.25) is 5.02 Å². The van der Waals surface area contributed by atoms with Crippen LogP contribution in [0.4, 0.5) is 8.78 Å². The van der Waals surface area contributed by atoms with E-state index in [-0.39, 0.29) is 5.69 Å². The summed E-state index contributed by atoms with van der Waals surface area (Å²) < 4.78 is 28.4. The lowest BCUT2D eigenvalue weighted by Gasteiger charge is -2.07. The number of hydrogen-bond donors (Lipinski definition) is 0. The van der Waals surface area contributed by atoms with E-state index in [1.165, 1.54) is 10.6 Å². The van der Waals surface area contributed by atoms with Gasteiger partial charge in [0.25, 0.3) is 6.43 Å². The lowest BCUT2D eigenvalue weighted by molar-refractivity contribution is 0.146. The van der Waals surface area contributed by atoms with Crippen LogP contribution in [0.15, 0.2) is 36.5 Å². The molecular weight excluding hydrogens is 294 g/mol. The van der Waals surface area contributed by atoms with E-state index >= 15 is 0 Å². The zero-order valence-corrected chi connectivity index (χ0v) is 12.3. The maximum Gasteiger partial charge on any atom is 0.280 e. The number of rotatable bonds is 2. The van der Waals surface area contributed by atoms with Crippen LogP contribution in [0.25, 0.3) is 16.9 Å². The molecule has 3 aromatic rings. The summed E-state index contributed by atoms with van der Waals surface area (Å²) >= 11 is 5.91. The Labute approximate surface area is 126 Å². The fraction of sp³-hybridized carbons (Fsp3) is 0.188. The van der Waals surface area contributed by atoms with Crippen molar-refractivity contribution in [1.29, 1.82) is 0 Å². The number of hydrogen-bond acceptors (Lipinski definition) is 1. The Kier molecular flexibility index (Phi) is 3.41. The van der Waals surface area contributed by atoms with Gasteiger partial charge in [-0.1, -0.05) is 35.4 Å². The third kappa shape index (κ3) is 2.40. The second-order valence-electron chi connectivity index (χ2n) is 5.04. The van der Waals surface area contributed by atoms with Crippen LogP contribution in [0.3, 0.4) is 0 Å². The number of imidazole rings is 1. The summed E-state index contributed by atoms with van der Waals surface area (Å²) in [5, 5.41) is 0.397. The normalized spacial score (nSPS) is 11.5. The predicted octanol–water partition coefficient (Wildman–Crippen LogP) is 5.21. The van der Waals surface area contributed by atoms with Gasteiger partial charge in [0.15, 0.2) is 0 Å². The van der Waals surface area contributed by atoms with Crippen molar-refractivity contribution in [1.82, 2.24) is 9.38 Å². The average Bonchev–Trinajstić information content (AvgIpc) is 2.76. The molecule has 1 aromatic carbocycles. The first kappa shape index (κ1) is 14.0. The first-order chi connectivity index (χ1) is 9.97. The summed E-state index contributed by atoms with van der Waals surface area (Å²) in [7, 11) is 0. The van der Waals surface area contributed by atoms with Crippen LogP contribution in [0.5, 0.6) is 0 Å². The van der Waals surface area contributed by atoms with Crippen molar-refractivity contribution in [3.63, 3.8) is 0 Å². The molecule has 0 aliphatic rings. The third-order valence-corrected chi connectivity index (χ3v) is 3.69. The molecule has 0 bridgehead atoms. The molecule has 2 nitrogen and oxygen atoms in total. The maximum atomic E-state index is 13.5. The van der Waals surface area contributed by atoms with Gasteiger partial charge in [-0.15, -0.1) is 0 Å². The highest BCUT2D eigenvalue weighted by Crippen LogP contribution is 2.34. The van der Waals surface area contributed by atoms with Crippen molar-refractivity contribution in [3.8, 4) is 11.3 Å². The zero-order chi connectivity index (χ0) is 15.1. The summed E-state index contributed by atoms with van der Waals surface area (Å²) in [5.41, 5.74) is 3.37. The number of alkyl halides is 2. The molecule has 0 saturated carbocycles. The Morgan fingerprint density at radius 2 is 1.90 bits per heavy atom. The lowest BCUT2D eigenvalue weighted by atomic mass is 10.0. The fourth-order valence-corrected chi connectivity index (χ4v) is 2.68. The Hall–Kier alpha value is -1.94. The van der Waals surface area contributed by atoms with Crippen molar-refractivity contribution >= 4 is 17.2 Å². The van der Waals surface area contributed by atoms with Crippen LogP contribution in [0, 0.1) is 13.8 Å². The van der Waals surface area contributed by atoms with Gasteiger partial charge in [0, 0.05) is 11.8 Å². The van der Waals surface area contributed by atoms with Crippen molar-refractivity contribution in [2.24, 2.45) is 0 Å². The summed E-state index contributed by atoms with van der Waals surface area (Å²) in [6, 6.07) is 8.97. The average molecular weight is 307 g/mol. The molecule has 0 aliphatic carbocycles. The molecule has 3 rings (SSSR count). The highest BCUT2D eigenvalue weighted by molar-refractivity contribution is 6.30. The molecule has 0 amide bonds. The van der Waals surface area contributed by atoms with Gasteiger partial charge in [-0.05, 0) is 31.5 Å². The molecule has 0 N–H and O–H groups in total. The van der Waals surface area contributed by atoms with Gasteiger partial charge in [-0.3, -0.25) is 4.40 Å². The fourth-order valence-electron chi connectivity index (χ4n) is 2.52. The van der Waals surface area contributed by atoms with Gasteiger partial charge in [0.1, 0.15) is 11.3 Å². The summed E-state index contributed by atoms with van der Waals surface area (Å²) in [6.45, 7) is 3.86. The van der Waals surface area contributed by atoms with Crippen molar-refractivity contribution < 1.29 is 8.78 Å². The SMILES string of the molecule is Cc1ccc(-c2nc3ccc(Cl)cn3c2C(F)F)c(C)c1. The van der Waals surface area contributed by atoms with Crippen molar-refractivity contribution in [2.75, 3.05) is 0 Å². The van der Waals surface area contributed by atoms with Gasteiger partial charge in [-0.2, -0.15) is 0 Å².